The zero-order valence-electron chi connectivity index (χ0n) is 11.5. The van der Waals surface area contributed by atoms with Crippen molar-refractivity contribution in [2.75, 3.05) is 19.6 Å². The third kappa shape index (κ3) is 4.29. The number of hydrogen-bond acceptors (Lipinski definition) is 4. The molecule has 1 N–H and O–H groups in total. The van der Waals surface area contributed by atoms with Crippen LogP contribution in [0.15, 0.2) is 18.6 Å². The molecular formula is C14H20N4O2. The van der Waals surface area contributed by atoms with Crippen LogP contribution in [0.2, 0.25) is 0 Å². The van der Waals surface area contributed by atoms with Gasteiger partial charge in [-0.3, -0.25) is 14.6 Å². The predicted octanol–water partition coefficient (Wildman–Crippen LogP) is 0.999. The maximum absolute atomic E-state index is 11.8. The van der Waals surface area contributed by atoms with Gasteiger partial charge >= 0.3 is 0 Å². The van der Waals surface area contributed by atoms with E-state index in [1.54, 1.807) is 0 Å². The largest absolute Gasteiger partial charge is 0.351 e. The van der Waals surface area contributed by atoms with Gasteiger partial charge in [-0.05, 0) is 19.3 Å². The van der Waals surface area contributed by atoms with Gasteiger partial charge < -0.3 is 10.2 Å². The molecular weight excluding hydrogens is 256 g/mol. The Labute approximate surface area is 118 Å². The fourth-order valence-electron chi connectivity index (χ4n) is 2.25. The molecule has 1 aromatic rings. The summed E-state index contributed by atoms with van der Waals surface area (Å²) in [6.45, 7) is 2.09. The molecule has 0 atom stereocenters. The van der Waals surface area contributed by atoms with E-state index in [1.807, 2.05) is 4.90 Å². The van der Waals surface area contributed by atoms with E-state index in [4.69, 9.17) is 0 Å². The fourth-order valence-corrected chi connectivity index (χ4v) is 2.25. The molecule has 2 rings (SSSR count). The SMILES string of the molecule is O=C(NCCCN1CCCCCC1=O)c1cnccn1. The van der Waals surface area contributed by atoms with E-state index in [9.17, 15) is 9.59 Å². The Bertz CT molecular complexity index is 450. The number of nitrogens with one attached hydrogen (secondary N) is 1. The molecule has 108 valence electrons. The predicted molar refractivity (Wildman–Crippen MR) is 74.0 cm³/mol. The van der Waals surface area contributed by atoms with Crippen molar-refractivity contribution in [3.05, 3.63) is 24.3 Å². The lowest BCUT2D eigenvalue weighted by Gasteiger charge is -2.20. The van der Waals surface area contributed by atoms with Gasteiger partial charge in [-0.2, -0.15) is 0 Å². The molecule has 1 fully saturated rings. The summed E-state index contributed by atoms with van der Waals surface area (Å²) >= 11 is 0. The van der Waals surface area contributed by atoms with E-state index < -0.39 is 0 Å². The molecule has 2 amide bonds. The topological polar surface area (TPSA) is 75.2 Å². The molecule has 6 heteroatoms. The lowest BCUT2D eigenvalue weighted by molar-refractivity contribution is -0.130. The van der Waals surface area contributed by atoms with Gasteiger partial charge in [0, 0.05) is 38.4 Å². The summed E-state index contributed by atoms with van der Waals surface area (Å²) in [7, 11) is 0. The van der Waals surface area contributed by atoms with Gasteiger partial charge in [0.1, 0.15) is 5.69 Å². The van der Waals surface area contributed by atoms with Crippen LogP contribution < -0.4 is 5.32 Å². The lowest BCUT2D eigenvalue weighted by Crippen LogP contribution is -2.34. The van der Waals surface area contributed by atoms with E-state index in [0.29, 0.717) is 25.2 Å². The number of likely N-dealkylation sites (tertiary alicyclic amines) is 1. The molecule has 0 saturated carbocycles. The van der Waals surface area contributed by atoms with Gasteiger partial charge in [0.15, 0.2) is 0 Å². The molecule has 6 nitrogen and oxygen atoms in total. The van der Waals surface area contributed by atoms with Crippen LogP contribution in [0.3, 0.4) is 0 Å². The van der Waals surface area contributed by atoms with Gasteiger partial charge in [-0.25, -0.2) is 4.98 Å². The first-order valence-corrected chi connectivity index (χ1v) is 7.09. The minimum Gasteiger partial charge on any atom is -0.351 e. The quantitative estimate of drug-likeness (QED) is 0.814. The van der Waals surface area contributed by atoms with Crippen molar-refractivity contribution < 1.29 is 9.59 Å². The van der Waals surface area contributed by atoms with Crippen LogP contribution in [0, 0.1) is 0 Å². The molecule has 0 radical (unpaired) electrons. The number of hydrogen-bond donors (Lipinski definition) is 1. The van der Waals surface area contributed by atoms with Crippen LogP contribution in [0.1, 0.15) is 42.6 Å². The Balaban J connectivity index is 1.68. The van der Waals surface area contributed by atoms with Crippen molar-refractivity contribution in [3.8, 4) is 0 Å². The standard InChI is InChI=1S/C14H20N4O2/c19-13-5-2-1-3-9-18(13)10-4-6-17-14(20)12-11-15-7-8-16-12/h7-8,11H,1-6,9-10H2,(H,17,20). The molecule has 0 unspecified atom stereocenters. The summed E-state index contributed by atoms with van der Waals surface area (Å²) in [5, 5.41) is 2.79. The van der Waals surface area contributed by atoms with Crippen molar-refractivity contribution in [1.82, 2.24) is 20.2 Å². The fraction of sp³-hybridized carbons (Fsp3) is 0.571. The molecule has 1 aliphatic heterocycles. The third-order valence-corrected chi connectivity index (χ3v) is 3.36. The Morgan fingerprint density at radius 2 is 2.20 bits per heavy atom. The number of rotatable bonds is 5. The Morgan fingerprint density at radius 1 is 1.30 bits per heavy atom. The molecule has 1 saturated heterocycles. The first-order chi connectivity index (χ1) is 9.77. The van der Waals surface area contributed by atoms with Gasteiger partial charge in [-0.15, -0.1) is 0 Å². The van der Waals surface area contributed by atoms with Crippen molar-refractivity contribution in [2.45, 2.75) is 32.1 Å². The van der Waals surface area contributed by atoms with Gasteiger partial charge in [0.25, 0.3) is 5.91 Å². The summed E-state index contributed by atoms with van der Waals surface area (Å²) < 4.78 is 0. The molecule has 1 aromatic heterocycles. The maximum atomic E-state index is 11.8. The summed E-state index contributed by atoms with van der Waals surface area (Å²) in [6, 6.07) is 0. The highest BCUT2D eigenvalue weighted by molar-refractivity contribution is 5.91. The van der Waals surface area contributed by atoms with Crippen LogP contribution in [0.5, 0.6) is 0 Å². The van der Waals surface area contributed by atoms with Gasteiger partial charge in [0.2, 0.25) is 5.91 Å². The van der Waals surface area contributed by atoms with Crippen LogP contribution in [0.25, 0.3) is 0 Å². The van der Waals surface area contributed by atoms with Crippen LogP contribution >= 0.6 is 0 Å². The Kier molecular flexibility index (Phi) is 5.46. The molecule has 0 aromatic carbocycles. The minimum atomic E-state index is -0.222. The summed E-state index contributed by atoms with van der Waals surface area (Å²) in [6.07, 6.45) is 9.09. The van der Waals surface area contributed by atoms with Crippen LogP contribution in [0.4, 0.5) is 0 Å². The van der Waals surface area contributed by atoms with Gasteiger partial charge in [-0.1, -0.05) is 6.42 Å². The van der Waals surface area contributed by atoms with Crippen molar-refractivity contribution in [3.63, 3.8) is 0 Å². The molecule has 0 aliphatic carbocycles. The number of nitrogens with zero attached hydrogens (tertiary/aromatic N) is 3. The third-order valence-electron chi connectivity index (χ3n) is 3.36. The lowest BCUT2D eigenvalue weighted by atomic mass is 10.2. The molecule has 0 spiro atoms. The minimum absolute atomic E-state index is 0.222. The number of carbonyl (C=O) groups excluding carboxylic acids is 2. The Hall–Kier alpha value is -1.98. The van der Waals surface area contributed by atoms with Crippen LogP contribution in [-0.4, -0.2) is 46.3 Å². The first-order valence-electron chi connectivity index (χ1n) is 7.09. The molecule has 20 heavy (non-hydrogen) atoms. The van der Waals surface area contributed by atoms with Gasteiger partial charge in [0.05, 0.1) is 6.20 Å². The highest BCUT2D eigenvalue weighted by Gasteiger charge is 2.15. The second-order valence-electron chi connectivity index (χ2n) is 4.89. The summed E-state index contributed by atoms with van der Waals surface area (Å²) in [4.78, 5) is 33.2. The first kappa shape index (κ1) is 14.4. The number of carbonyl (C=O) groups is 2. The highest BCUT2D eigenvalue weighted by atomic mass is 16.2. The molecule has 0 bridgehead atoms. The van der Waals surface area contributed by atoms with Crippen LogP contribution in [-0.2, 0) is 4.79 Å². The van der Waals surface area contributed by atoms with E-state index in [0.717, 1.165) is 32.2 Å². The molecule has 1 aliphatic rings. The zero-order valence-corrected chi connectivity index (χ0v) is 11.5. The maximum Gasteiger partial charge on any atom is 0.271 e. The van der Waals surface area contributed by atoms with Crippen molar-refractivity contribution in [1.29, 1.82) is 0 Å². The zero-order chi connectivity index (χ0) is 14.2. The molecule has 2 heterocycles. The monoisotopic (exact) mass is 276 g/mol. The van der Waals surface area contributed by atoms with Crippen molar-refractivity contribution >= 4 is 11.8 Å². The second-order valence-corrected chi connectivity index (χ2v) is 4.89. The van der Waals surface area contributed by atoms with Crippen molar-refractivity contribution in [2.24, 2.45) is 0 Å². The highest BCUT2D eigenvalue weighted by Crippen LogP contribution is 2.11. The normalized spacial score (nSPS) is 15.8. The second kappa shape index (κ2) is 7.57. The Morgan fingerprint density at radius 3 is 3.00 bits per heavy atom. The summed E-state index contributed by atoms with van der Waals surface area (Å²) in [5.41, 5.74) is 0.318. The average Bonchev–Trinajstić information content (AvgIpc) is 2.69. The van der Waals surface area contributed by atoms with E-state index >= 15 is 0 Å². The number of amides is 2. The number of aromatic nitrogens is 2. The van der Waals surface area contributed by atoms with E-state index in [2.05, 4.69) is 15.3 Å². The van der Waals surface area contributed by atoms with E-state index in [-0.39, 0.29) is 11.8 Å². The smallest absolute Gasteiger partial charge is 0.271 e. The summed E-state index contributed by atoms with van der Waals surface area (Å²) in [5.74, 6) is 0.0167. The average molecular weight is 276 g/mol. The van der Waals surface area contributed by atoms with E-state index in [1.165, 1.54) is 18.6 Å².